The average Bonchev–Trinajstić information content (AvgIpc) is 3.16. The number of likely N-dealkylation sites (tertiary alicyclic amines) is 1. The van der Waals surface area contributed by atoms with Crippen molar-refractivity contribution in [3.8, 4) is 0 Å². The van der Waals surface area contributed by atoms with Gasteiger partial charge in [-0.1, -0.05) is 26.8 Å². The van der Waals surface area contributed by atoms with Crippen molar-refractivity contribution >= 4 is 11.8 Å². The van der Waals surface area contributed by atoms with Gasteiger partial charge in [0.2, 0.25) is 11.8 Å². The number of amides is 2. The molecule has 2 saturated heterocycles. The maximum Gasteiger partial charge on any atom is 0.243 e. The molecule has 170 valence electrons. The Hall–Kier alpha value is -1.95. The molecule has 4 rings (SSSR count). The highest BCUT2D eigenvalue weighted by molar-refractivity contribution is 5.91. The summed E-state index contributed by atoms with van der Waals surface area (Å²) in [5.41, 5.74) is 2.46. The van der Waals surface area contributed by atoms with Gasteiger partial charge in [0.15, 0.2) is 0 Å². The van der Waals surface area contributed by atoms with Crippen LogP contribution in [-0.2, 0) is 15.0 Å². The quantitative estimate of drug-likeness (QED) is 0.765. The normalized spacial score (nSPS) is 25.9. The third-order valence-electron chi connectivity index (χ3n) is 7.49. The molecule has 31 heavy (non-hydrogen) atoms. The largest absolute Gasteiger partial charge is 0.348 e. The van der Waals surface area contributed by atoms with Crippen molar-refractivity contribution < 1.29 is 14.0 Å². The number of piperidine rings is 1. The molecule has 2 N–H and O–H groups in total. The van der Waals surface area contributed by atoms with E-state index in [4.69, 9.17) is 0 Å². The molecule has 2 amide bonds. The van der Waals surface area contributed by atoms with E-state index in [1.165, 1.54) is 12.5 Å². The molecular formula is C25H36FN3O2. The van der Waals surface area contributed by atoms with Gasteiger partial charge in [-0.05, 0) is 92.2 Å². The lowest BCUT2D eigenvalue weighted by Crippen LogP contribution is -2.48. The molecule has 0 bridgehead atoms. The Balaban J connectivity index is 1.47. The molecule has 1 aromatic rings. The van der Waals surface area contributed by atoms with Crippen LogP contribution in [0.25, 0.3) is 0 Å². The molecule has 5 nitrogen and oxygen atoms in total. The van der Waals surface area contributed by atoms with Crippen molar-refractivity contribution in [2.24, 2.45) is 5.41 Å². The number of rotatable bonds is 4. The number of carbonyl (C=O) groups is 2. The third-order valence-corrected chi connectivity index (χ3v) is 7.49. The van der Waals surface area contributed by atoms with E-state index in [9.17, 15) is 14.0 Å². The molecule has 0 unspecified atom stereocenters. The summed E-state index contributed by atoms with van der Waals surface area (Å²) in [7, 11) is 0. The van der Waals surface area contributed by atoms with Crippen LogP contribution in [0.3, 0.4) is 0 Å². The first-order valence-corrected chi connectivity index (χ1v) is 11.8. The fourth-order valence-electron chi connectivity index (χ4n) is 5.45. The smallest absolute Gasteiger partial charge is 0.243 e. The molecule has 0 saturated carbocycles. The van der Waals surface area contributed by atoms with Crippen LogP contribution in [0.2, 0.25) is 0 Å². The van der Waals surface area contributed by atoms with Gasteiger partial charge in [-0.3, -0.25) is 9.59 Å². The van der Waals surface area contributed by atoms with E-state index < -0.39 is 6.04 Å². The highest BCUT2D eigenvalue weighted by atomic mass is 19.1. The van der Waals surface area contributed by atoms with Crippen LogP contribution >= 0.6 is 0 Å². The second kappa shape index (κ2) is 8.53. The third kappa shape index (κ3) is 4.94. The summed E-state index contributed by atoms with van der Waals surface area (Å²) in [6.45, 7) is 10.0. The van der Waals surface area contributed by atoms with Crippen LogP contribution in [0, 0.1) is 11.2 Å². The van der Waals surface area contributed by atoms with E-state index in [1.807, 2.05) is 6.07 Å². The Morgan fingerprint density at radius 1 is 1.23 bits per heavy atom. The standard InChI is InChI=1S/C25H36FN3O2/c1-24(2,3)10-13-29-14-11-25(12-15-29)9-8-20(18-5-4-17(26)16-19(18)25)28-23(31)21-6-7-22(30)27-21/h4-5,16,20-21H,6-15H2,1-3H3,(H,27,30)(H,28,31)/t20-,21-/m1/s1. The van der Waals surface area contributed by atoms with Crippen molar-refractivity contribution in [2.45, 2.75) is 83.2 Å². The molecule has 1 spiro atoms. The van der Waals surface area contributed by atoms with Gasteiger partial charge in [0.25, 0.3) is 0 Å². The summed E-state index contributed by atoms with van der Waals surface area (Å²) in [6, 6.07) is 4.50. The lowest BCUT2D eigenvalue weighted by molar-refractivity contribution is -0.126. The Morgan fingerprint density at radius 2 is 1.97 bits per heavy atom. The Labute approximate surface area is 185 Å². The van der Waals surface area contributed by atoms with E-state index in [0.29, 0.717) is 18.3 Å². The van der Waals surface area contributed by atoms with E-state index in [-0.39, 0.29) is 29.1 Å². The van der Waals surface area contributed by atoms with E-state index >= 15 is 0 Å². The first-order chi connectivity index (χ1) is 14.7. The van der Waals surface area contributed by atoms with Crippen molar-refractivity contribution in [1.82, 2.24) is 15.5 Å². The first kappa shape index (κ1) is 22.3. The Bertz CT molecular complexity index is 840. The zero-order valence-electron chi connectivity index (χ0n) is 19.1. The predicted octanol–water partition coefficient (Wildman–Crippen LogP) is 3.83. The van der Waals surface area contributed by atoms with Crippen molar-refractivity contribution in [2.75, 3.05) is 19.6 Å². The van der Waals surface area contributed by atoms with Crippen molar-refractivity contribution in [3.63, 3.8) is 0 Å². The molecule has 2 aliphatic heterocycles. The summed E-state index contributed by atoms with van der Waals surface area (Å²) in [5, 5.41) is 5.88. The topological polar surface area (TPSA) is 61.4 Å². The summed E-state index contributed by atoms with van der Waals surface area (Å²) < 4.78 is 14.3. The second-order valence-corrected chi connectivity index (χ2v) is 10.9. The minimum Gasteiger partial charge on any atom is -0.348 e. The molecule has 6 heteroatoms. The number of hydrogen-bond acceptors (Lipinski definition) is 3. The summed E-state index contributed by atoms with van der Waals surface area (Å²) in [4.78, 5) is 26.7. The van der Waals surface area contributed by atoms with Gasteiger partial charge in [0, 0.05) is 6.42 Å². The molecule has 2 atom stereocenters. The number of hydrogen-bond donors (Lipinski definition) is 2. The summed E-state index contributed by atoms with van der Waals surface area (Å²) in [6.07, 6.45) is 6.00. The number of nitrogens with one attached hydrogen (secondary N) is 2. The van der Waals surface area contributed by atoms with E-state index in [1.54, 1.807) is 6.07 Å². The molecule has 3 aliphatic rings. The molecule has 0 aromatic heterocycles. The van der Waals surface area contributed by atoms with Crippen LogP contribution in [0.15, 0.2) is 18.2 Å². The number of nitrogens with zero attached hydrogens (tertiary/aromatic N) is 1. The molecule has 1 aliphatic carbocycles. The van der Waals surface area contributed by atoms with E-state index in [2.05, 4.69) is 36.3 Å². The second-order valence-electron chi connectivity index (χ2n) is 10.9. The lowest BCUT2D eigenvalue weighted by Gasteiger charge is -2.47. The fourth-order valence-corrected chi connectivity index (χ4v) is 5.45. The van der Waals surface area contributed by atoms with Crippen molar-refractivity contribution in [1.29, 1.82) is 0 Å². The molecule has 1 aromatic carbocycles. The monoisotopic (exact) mass is 429 g/mol. The molecule has 2 heterocycles. The maximum absolute atomic E-state index is 14.3. The zero-order chi connectivity index (χ0) is 22.2. The number of fused-ring (bicyclic) bond motifs is 2. The fraction of sp³-hybridized carbons (Fsp3) is 0.680. The zero-order valence-corrected chi connectivity index (χ0v) is 19.1. The molecule has 0 radical (unpaired) electrons. The van der Waals surface area contributed by atoms with Gasteiger partial charge in [-0.2, -0.15) is 0 Å². The van der Waals surface area contributed by atoms with Gasteiger partial charge in [-0.15, -0.1) is 0 Å². The van der Waals surface area contributed by atoms with Crippen LogP contribution in [0.1, 0.15) is 82.9 Å². The van der Waals surface area contributed by atoms with Gasteiger partial charge < -0.3 is 15.5 Å². The first-order valence-electron chi connectivity index (χ1n) is 11.8. The highest BCUT2D eigenvalue weighted by Crippen LogP contribution is 2.48. The molecule has 2 fully saturated rings. The lowest BCUT2D eigenvalue weighted by atomic mass is 9.63. The highest BCUT2D eigenvalue weighted by Gasteiger charge is 2.43. The number of benzene rings is 1. The Morgan fingerprint density at radius 3 is 2.61 bits per heavy atom. The minimum absolute atomic E-state index is 0.00152. The Kier molecular flexibility index (Phi) is 6.12. The maximum atomic E-state index is 14.3. The van der Waals surface area contributed by atoms with Gasteiger partial charge in [-0.25, -0.2) is 4.39 Å². The van der Waals surface area contributed by atoms with Crippen LogP contribution in [0.5, 0.6) is 0 Å². The number of carbonyl (C=O) groups excluding carboxylic acids is 2. The van der Waals surface area contributed by atoms with Crippen LogP contribution < -0.4 is 10.6 Å². The SMILES string of the molecule is CC(C)(C)CCN1CCC2(CC[C@@H](NC(=O)[C@H]3CCC(=O)N3)c3ccc(F)cc32)CC1. The van der Waals surface area contributed by atoms with Crippen LogP contribution in [-0.4, -0.2) is 42.4 Å². The van der Waals surface area contributed by atoms with Gasteiger partial charge >= 0.3 is 0 Å². The van der Waals surface area contributed by atoms with Crippen molar-refractivity contribution in [3.05, 3.63) is 35.1 Å². The number of halogens is 1. The summed E-state index contributed by atoms with van der Waals surface area (Å²) in [5.74, 6) is -0.397. The average molecular weight is 430 g/mol. The van der Waals surface area contributed by atoms with Gasteiger partial charge in [0.1, 0.15) is 11.9 Å². The summed E-state index contributed by atoms with van der Waals surface area (Å²) >= 11 is 0. The van der Waals surface area contributed by atoms with Crippen LogP contribution in [0.4, 0.5) is 4.39 Å². The molecular weight excluding hydrogens is 393 g/mol. The van der Waals surface area contributed by atoms with Gasteiger partial charge in [0.05, 0.1) is 6.04 Å². The van der Waals surface area contributed by atoms with E-state index in [0.717, 1.165) is 56.4 Å². The predicted molar refractivity (Wildman–Crippen MR) is 119 cm³/mol. The minimum atomic E-state index is -0.446.